The summed E-state index contributed by atoms with van der Waals surface area (Å²) in [6, 6.07) is 7.24. The summed E-state index contributed by atoms with van der Waals surface area (Å²) in [5, 5.41) is 12.0. The summed E-state index contributed by atoms with van der Waals surface area (Å²) in [6.45, 7) is 0. The molecule has 0 N–H and O–H groups in total. The van der Waals surface area contributed by atoms with E-state index in [0.29, 0.717) is 16.9 Å². The summed E-state index contributed by atoms with van der Waals surface area (Å²) in [4.78, 5) is 12.1. The Kier molecular flexibility index (Phi) is 2.60. The Morgan fingerprint density at radius 2 is 1.60 bits per heavy atom. The molecule has 3 rings (SSSR count). The smallest absolute Gasteiger partial charge is 0.273 e. The number of halogens is 3. The molecule has 0 fully saturated rings. The highest BCUT2D eigenvalue weighted by Crippen LogP contribution is 2.28. The molecule has 2 aromatic rings. The van der Waals surface area contributed by atoms with Crippen molar-refractivity contribution in [2.75, 3.05) is 0 Å². The molecular weight excluding hydrogens is 271 g/mol. The molecule has 3 nitrogen and oxygen atoms in total. The second kappa shape index (κ2) is 4.19. The van der Waals surface area contributed by atoms with Crippen LogP contribution in [0.15, 0.2) is 36.4 Å². The lowest BCUT2D eigenvalue weighted by Gasteiger charge is -2.03. The average Bonchev–Trinajstić information content (AvgIpc) is 2.68. The number of nitrogens with zero attached hydrogens (tertiary/aromatic N) is 1. The van der Waals surface area contributed by atoms with Crippen molar-refractivity contribution < 1.29 is 22.7 Å². The molecule has 0 saturated heterocycles. The van der Waals surface area contributed by atoms with Crippen molar-refractivity contribution in [3.05, 3.63) is 70.2 Å². The molecule has 2 aromatic carbocycles. The quantitative estimate of drug-likeness (QED) is 0.457. The third kappa shape index (κ3) is 1.61. The Morgan fingerprint density at radius 3 is 2.20 bits per heavy atom. The molecule has 0 atom stereocenters. The standard InChI is InChI=1S/C14H6F3NO2/c15-9-5-7(6-10(16)12(9)17)13-14(19)8-3-1-2-4-11(8)18(13)20/h1-6H. The molecule has 100 valence electrons. The van der Waals surface area contributed by atoms with Gasteiger partial charge < -0.3 is 5.21 Å². The van der Waals surface area contributed by atoms with E-state index in [1.165, 1.54) is 12.1 Å². The van der Waals surface area contributed by atoms with Crippen LogP contribution in [0.2, 0.25) is 0 Å². The molecule has 0 amide bonds. The van der Waals surface area contributed by atoms with Gasteiger partial charge in [-0.05, 0) is 18.2 Å². The molecule has 1 heterocycles. The summed E-state index contributed by atoms with van der Waals surface area (Å²) in [5.41, 5.74) is -0.484. The van der Waals surface area contributed by atoms with Gasteiger partial charge in [-0.1, -0.05) is 12.1 Å². The topological polar surface area (TPSA) is 43.1 Å². The van der Waals surface area contributed by atoms with Gasteiger partial charge in [-0.25, -0.2) is 13.2 Å². The maximum Gasteiger partial charge on any atom is 0.273 e. The van der Waals surface area contributed by atoms with E-state index in [2.05, 4.69) is 0 Å². The van der Waals surface area contributed by atoms with Gasteiger partial charge >= 0.3 is 0 Å². The second-order valence-corrected chi connectivity index (χ2v) is 4.24. The van der Waals surface area contributed by atoms with Crippen LogP contribution < -0.4 is 0 Å². The molecule has 1 aliphatic rings. The maximum atomic E-state index is 13.2. The van der Waals surface area contributed by atoms with Crippen molar-refractivity contribution in [3.63, 3.8) is 0 Å². The predicted octanol–water partition coefficient (Wildman–Crippen LogP) is 2.93. The van der Waals surface area contributed by atoms with Gasteiger partial charge in [0.15, 0.2) is 17.5 Å². The fourth-order valence-electron chi connectivity index (χ4n) is 2.12. The summed E-state index contributed by atoms with van der Waals surface area (Å²) < 4.78 is 39.6. The Hall–Kier alpha value is -2.63. The summed E-state index contributed by atoms with van der Waals surface area (Å²) >= 11 is 0. The molecule has 6 heteroatoms. The minimum Gasteiger partial charge on any atom is -0.618 e. The predicted molar refractivity (Wildman–Crippen MR) is 64.5 cm³/mol. The summed E-state index contributed by atoms with van der Waals surface area (Å²) in [6.07, 6.45) is 0. The highest BCUT2D eigenvalue weighted by molar-refractivity contribution is 6.52. The van der Waals surface area contributed by atoms with Crippen molar-refractivity contribution in [1.82, 2.24) is 0 Å². The first-order valence-corrected chi connectivity index (χ1v) is 5.63. The van der Waals surface area contributed by atoms with Crippen molar-refractivity contribution >= 4 is 17.2 Å². The van der Waals surface area contributed by atoms with Gasteiger partial charge in [-0.2, -0.15) is 4.74 Å². The number of benzene rings is 2. The van der Waals surface area contributed by atoms with Gasteiger partial charge in [0, 0.05) is 6.07 Å². The van der Waals surface area contributed by atoms with Crippen molar-refractivity contribution in [2.45, 2.75) is 0 Å². The Balaban J connectivity index is 2.22. The first-order chi connectivity index (χ1) is 9.50. The molecule has 0 spiro atoms. The molecule has 0 saturated carbocycles. The van der Waals surface area contributed by atoms with Gasteiger partial charge in [0.2, 0.25) is 5.69 Å². The molecule has 0 bridgehead atoms. The van der Waals surface area contributed by atoms with Crippen molar-refractivity contribution in [3.8, 4) is 0 Å². The zero-order valence-electron chi connectivity index (χ0n) is 9.86. The van der Waals surface area contributed by atoms with E-state index in [9.17, 15) is 23.2 Å². The average molecular weight is 277 g/mol. The molecule has 1 aliphatic heterocycles. The van der Waals surface area contributed by atoms with E-state index in [0.717, 1.165) is 0 Å². The van der Waals surface area contributed by atoms with Crippen LogP contribution in [0.1, 0.15) is 15.9 Å². The van der Waals surface area contributed by atoms with E-state index >= 15 is 0 Å². The molecule has 0 radical (unpaired) electrons. The number of rotatable bonds is 1. The van der Waals surface area contributed by atoms with Gasteiger partial charge in [0.25, 0.3) is 11.5 Å². The lowest BCUT2D eigenvalue weighted by molar-refractivity contribution is -0.355. The highest BCUT2D eigenvalue weighted by atomic mass is 19.2. The maximum absolute atomic E-state index is 13.2. The molecular formula is C14H6F3NO2. The SMILES string of the molecule is O=C1C(c2cc(F)c(F)c(F)c2)=[N+]([O-])c2ccccc21. The summed E-state index contributed by atoms with van der Waals surface area (Å²) in [5.74, 6) is -5.20. The number of carbonyl (C=O) groups is 1. The van der Waals surface area contributed by atoms with Crippen molar-refractivity contribution in [2.24, 2.45) is 0 Å². The first-order valence-electron chi connectivity index (χ1n) is 5.63. The minimum absolute atomic E-state index is 0.0950. The minimum atomic E-state index is -1.64. The zero-order valence-corrected chi connectivity index (χ0v) is 9.86. The Labute approximate surface area is 111 Å². The van der Waals surface area contributed by atoms with Crippen LogP contribution in [0, 0.1) is 22.7 Å². The monoisotopic (exact) mass is 277 g/mol. The lowest BCUT2D eigenvalue weighted by atomic mass is 10.0. The third-order valence-electron chi connectivity index (χ3n) is 3.04. The Morgan fingerprint density at radius 1 is 1.00 bits per heavy atom. The summed E-state index contributed by atoms with van der Waals surface area (Å²) in [7, 11) is 0. The highest BCUT2D eigenvalue weighted by Gasteiger charge is 2.37. The van der Waals surface area contributed by atoms with Crippen molar-refractivity contribution in [1.29, 1.82) is 0 Å². The second-order valence-electron chi connectivity index (χ2n) is 4.24. The number of carbonyl (C=O) groups excluding carboxylic acids is 1. The molecule has 0 unspecified atom stereocenters. The largest absolute Gasteiger partial charge is 0.618 e. The van der Waals surface area contributed by atoms with E-state index in [4.69, 9.17) is 0 Å². The first kappa shape index (κ1) is 12.4. The van der Waals surface area contributed by atoms with E-state index in [1.54, 1.807) is 12.1 Å². The van der Waals surface area contributed by atoms with Crippen LogP contribution in [-0.4, -0.2) is 16.2 Å². The van der Waals surface area contributed by atoms with Gasteiger partial charge in [0.05, 0.1) is 5.56 Å². The Bertz CT molecular complexity index is 761. The number of ketones is 1. The number of hydrogen-bond donors (Lipinski definition) is 0. The van der Waals surface area contributed by atoms with Gasteiger partial charge in [-0.3, -0.25) is 4.79 Å². The normalized spacial score (nSPS) is 13.8. The lowest BCUT2D eigenvalue weighted by Crippen LogP contribution is -2.17. The van der Waals surface area contributed by atoms with E-state index in [1.807, 2.05) is 0 Å². The molecule has 0 aliphatic carbocycles. The van der Waals surface area contributed by atoms with Gasteiger partial charge in [0.1, 0.15) is 5.56 Å². The molecule has 0 aromatic heterocycles. The fraction of sp³-hybridized carbons (Fsp3) is 0. The molecule has 20 heavy (non-hydrogen) atoms. The van der Waals surface area contributed by atoms with E-state index in [-0.39, 0.29) is 16.8 Å². The van der Waals surface area contributed by atoms with Gasteiger partial charge in [-0.15, -0.1) is 0 Å². The van der Waals surface area contributed by atoms with Crippen LogP contribution in [0.3, 0.4) is 0 Å². The fourth-order valence-corrected chi connectivity index (χ4v) is 2.12. The van der Waals surface area contributed by atoms with Crippen LogP contribution in [0.5, 0.6) is 0 Å². The third-order valence-corrected chi connectivity index (χ3v) is 3.04. The number of fused-ring (bicyclic) bond motifs is 1. The zero-order chi connectivity index (χ0) is 14.4. The van der Waals surface area contributed by atoms with Crippen LogP contribution >= 0.6 is 0 Å². The number of para-hydroxylation sites is 1. The van der Waals surface area contributed by atoms with Crippen LogP contribution in [0.4, 0.5) is 18.9 Å². The van der Waals surface area contributed by atoms with Crippen LogP contribution in [0.25, 0.3) is 0 Å². The number of Topliss-reactive ketones (excluding diaryl/α,β-unsaturated/α-hetero) is 1. The number of hydrogen-bond acceptors (Lipinski definition) is 2. The van der Waals surface area contributed by atoms with Crippen LogP contribution in [-0.2, 0) is 0 Å². The van der Waals surface area contributed by atoms with E-state index < -0.39 is 28.9 Å².